The minimum absolute atomic E-state index is 0.282. The molecule has 1 aliphatic heterocycles. The molecule has 1 aromatic carbocycles. The van der Waals surface area contributed by atoms with E-state index in [-0.39, 0.29) is 5.91 Å². The Balaban J connectivity index is 1.60. The fourth-order valence-electron chi connectivity index (χ4n) is 3.55. The van der Waals surface area contributed by atoms with Crippen molar-refractivity contribution in [2.24, 2.45) is 0 Å². The fourth-order valence-corrected chi connectivity index (χ4v) is 3.55. The predicted octanol–water partition coefficient (Wildman–Crippen LogP) is 3.26. The van der Waals surface area contributed by atoms with Gasteiger partial charge in [0, 0.05) is 31.6 Å². The van der Waals surface area contributed by atoms with Crippen LogP contribution in [0, 0.1) is 6.92 Å². The molecule has 1 saturated heterocycles. The molecule has 0 unspecified atom stereocenters. The summed E-state index contributed by atoms with van der Waals surface area (Å²) in [5, 5.41) is 0. The molecule has 26 heavy (non-hydrogen) atoms. The lowest BCUT2D eigenvalue weighted by Gasteiger charge is -2.16. The van der Waals surface area contributed by atoms with Gasteiger partial charge in [0.25, 0.3) is 0 Å². The summed E-state index contributed by atoms with van der Waals surface area (Å²) in [5.74, 6) is 1.17. The van der Waals surface area contributed by atoms with E-state index in [0.717, 1.165) is 60.9 Å². The minimum Gasteiger partial charge on any atom is -0.343 e. The van der Waals surface area contributed by atoms with Gasteiger partial charge in [-0.2, -0.15) is 0 Å². The zero-order valence-corrected chi connectivity index (χ0v) is 15.0. The lowest BCUT2D eigenvalue weighted by Crippen LogP contribution is -2.26. The number of benzene rings is 1. The Morgan fingerprint density at radius 1 is 1.15 bits per heavy atom. The summed E-state index contributed by atoms with van der Waals surface area (Å²) in [6.07, 6.45) is 6.35. The minimum atomic E-state index is 0.282. The van der Waals surface area contributed by atoms with Crippen LogP contribution < -0.4 is 0 Å². The van der Waals surface area contributed by atoms with Crippen LogP contribution in [-0.4, -0.2) is 43.4 Å². The van der Waals surface area contributed by atoms with Crippen LogP contribution in [0.2, 0.25) is 0 Å². The maximum absolute atomic E-state index is 11.8. The first kappa shape index (κ1) is 16.6. The SMILES string of the molecule is Cc1ncc(-c2c(-c3ccccc3)ncn2CCCN2CCCC2=O)[nH]1. The molecule has 134 valence electrons. The van der Waals surface area contributed by atoms with Gasteiger partial charge in [-0.3, -0.25) is 4.79 Å². The highest BCUT2D eigenvalue weighted by atomic mass is 16.2. The Bertz CT molecular complexity index is 896. The van der Waals surface area contributed by atoms with Gasteiger partial charge in [-0.05, 0) is 19.8 Å². The van der Waals surface area contributed by atoms with E-state index < -0.39 is 0 Å². The zero-order valence-electron chi connectivity index (χ0n) is 15.0. The summed E-state index contributed by atoms with van der Waals surface area (Å²) >= 11 is 0. The first-order valence-electron chi connectivity index (χ1n) is 9.12. The molecule has 0 spiro atoms. The number of amides is 1. The molecule has 0 aliphatic carbocycles. The second kappa shape index (κ2) is 7.15. The van der Waals surface area contributed by atoms with Crippen molar-refractivity contribution < 1.29 is 4.79 Å². The number of carbonyl (C=O) groups is 1. The van der Waals surface area contributed by atoms with E-state index in [1.54, 1.807) is 0 Å². The van der Waals surface area contributed by atoms with Crippen molar-refractivity contribution in [3.8, 4) is 22.6 Å². The Labute approximate surface area is 152 Å². The van der Waals surface area contributed by atoms with E-state index in [2.05, 4.69) is 31.7 Å². The molecule has 3 heterocycles. The van der Waals surface area contributed by atoms with Crippen LogP contribution in [0.5, 0.6) is 0 Å². The number of imidazole rings is 2. The molecule has 1 aliphatic rings. The van der Waals surface area contributed by atoms with Gasteiger partial charge < -0.3 is 14.5 Å². The molecule has 6 heteroatoms. The first-order chi connectivity index (χ1) is 12.7. The van der Waals surface area contributed by atoms with Gasteiger partial charge in [0.15, 0.2) is 0 Å². The molecule has 0 bridgehead atoms. The molecule has 4 rings (SSSR count). The van der Waals surface area contributed by atoms with Crippen molar-refractivity contribution in [2.45, 2.75) is 32.7 Å². The van der Waals surface area contributed by atoms with E-state index in [4.69, 9.17) is 0 Å². The number of carbonyl (C=O) groups excluding carboxylic acids is 1. The Morgan fingerprint density at radius 3 is 2.69 bits per heavy atom. The van der Waals surface area contributed by atoms with Crippen LogP contribution in [0.3, 0.4) is 0 Å². The third-order valence-electron chi connectivity index (χ3n) is 4.84. The lowest BCUT2D eigenvalue weighted by molar-refractivity contribution is -0.127. The highest BCUT2D eigenvalue weighted by molar-refractivity contribution is 5.78. The second-order valence-corrected chi connectivity index (χ2v) is 6.72. The third-order valence-corrected chi connectivity index (χ3v) is 4.84. The van der Waals surface area contributed by atoms with Crippen molar-refractivity contribution in [2.75, 3.05) is 13.1 Å². The van der Waals surface area contributed by atoms with Crippen LogP contribution in [0.1, 0.15) is 25.1 Å². The smallest absolute Gasteiger partial charge is 0.222 e. The van der Waals surface area contributed by atoms with Gasteiger partial charge >= 0.3 is 0 Å². The van der Waals surface area contributed by atoms with E-state index in [1.165, 1.54) is 0 Å². The number of aryl methyl sites for hydroxylation is 2. The molecule has 0 atom stereocenters. The number of H-pyrrole nitrogens is 1. The highest BCUT2D eigenvalue weighted by Gasteiger charge is 2.20. The van der Waals surface area contributed by atoms with E-state index >= 15 is 0 Å². The predicted molar refractivity (Wildman–Crippen MR) is 100 cm³/mol. The van der Waals surface area contributed by atoms with Crippen LogP contribution in [0.15, 0.2) is 42.9 Å². The monoisotopic (exact) mass is 349 g/mol. The van der Waals surface area contributed by atoms with Gasteiger partial charge in [-0.25, -0.2) is 9.97 Å². The molecule has 6 nitrogen and oxygen atoms in total. The molecule has 3 aromatic rings. The summed E-state index contributed by atoms with van der Waals surface area (Å²) in [4.78, 5) is 26.1. The Morgan fingerprint density at radius 2 is 2.00 bits per heavy atom. The van der Waals surface area contributed by atoms with Crippen LogP contribution in [-0.2, 0) is 11.3 Å². The average Bonchev–Trinajstić information content (AvgIpc) is 3.36. The molecule has 1 amide bonds. The van der Waals surface area contributed by atoms with Crippen molar-refractivity contribution >= 4 is 5.91 Å². The van der Waals surface area contributed by atoms with E-state index in [9.17, 15) is 4.79 Å². The average molecular weight is 349 g/mol. The lowest BCUT2D eigenvalue weighted by atomic mass is 10.1. The normalized spacial score (nSPS) is 14.3. The van der Waals surface area contributed by atoms with Gasteiger partial charge in [-0.15, -0.1) is 0 Å². The number of aromatic nitrogens is 4. The number of hydrogen-bond acceptors (Lipinski definition) is 3. The van der Waals surface area contributed by atoms with Crippen molar-refractivity contribution in [3.63, 3.8) is 0 Å². The summed E-state index contributed by atoms with van der Waals surface area (Å²) < 4.78 is 2.16. The number of nitrogens with one attached hydrogen (secondary N) is 1. The van der Waals surface area contributed by atoms with Gasteiger partial charge in [0.1, 0.15) is 5.82 Å². The van der Waals surface area contributed by atoms with Crippen LogP contribution in [0.4, 0.5) is 0 Å². The van der Waals surface area contributed by atoms with Gasteiger partial charge in [0.05, 0.1) is 29.6 Å². The standard InChI is InChI=1S/C20H23N5O/c1-15-21-13-17(23-15)20-19(16-7-3-2-4-8-16)22-14-25(20)12-6-11-24-10-5-9-18(24)26/h2-4,7-8,13-14H,5-6,9-12H2,1H3,(H,21,23). The quantitative estimate of drug-likeness (QED) is 0.743. The van der Waals surface area contributed by atoms with Crippen LogP contribution in [0.25, 0.3) is 22.6 Å². The summed E-state index contributed by atoms with van der Waals surface area (Å²) in [7, 11) is 0. The maximum atomic E-state index is 11.8. The summed E-state index contributed by atoms with van der Waals surface area (Å²) in [5.41, 5.74) is 4.05. The Hall–Kier alpha value is -2.89. The number of rotatable bonds is 6. The summed E-state index contributed by atoms with van der Waals surface area (Å²) in [6.45, 7) is 4.46. The number of nitrogens with zero attached hydrogens (tertiary/aromatic N) is 4. The first-order valence-corrected chi connectivity index (χ1v) is 9.12. The maximum Gasteiger partial charge on any atom is 0.222 e. The summed E-state index contributed by atoms with van der Waals surface area (Å²) in [6, 6.07) is 10.2. The highest BCUT2D eigenvalue weighted by Crippen LogP contribution is 2.30. The van der Waals surface area contributed by atoms with Gasteiger partial charge in [-0.1, -0.05) is 30.3 Å². The molecule has 2 aromatic heterocycles. The zero-order chi connectivity index (χ0) is 17.9. The largest absolute Gasteiger partial charge is 0.343 e. The van der Waals surface area contributed by atoms with Crippen molar-refractivity contribution in [3.05, 3.63) is 48.7 Å². The van der Waals surface area contributed by atoms with Crippen molar-refractivity contribution in [1.29, 1.82) is 0 Å². The molecular weight excluding hydrogens is 326 g/mol. The molecule has 1 N–H and O–H groups in total. The number of aromatic amines is 1. The van der Waals surface area contributed by atoms with E-state index in [0.29, 0.717) is 6.42 Å². The van der Waals surface area contributed by atoms with Crippen molar-refractivity contribution in [1.82, 2.24) is 24.4 Å². The Kier molecular flexibility index (Phi) is 4.56. The number of likely N-dealkylation sites (tertiary alicyclic amines) is 1. The molecular formula is C20H23N5O. The van der Waals surface area contributed by atoms with Gasteiger partial charge in [0.2, 0.25) is 5.91 Å². The molecule has 0 saturated carbocycles. The molecule has 0 radical (unpaired) electrons. The fraction of sp³-hybridized carbons (Fsp3) is 0.350. The topological polar surface area (TPSA) is 66.8 Å². The van der Waals surface area contributed by atoms with E-state index in [1.807, 2.05) is 42.5 Å². The second-order valence-electron chi connectivity index (χ2n) is 6.72. The molecule has 1 fully saturated rings. The third kappa shape index (κ3) is 3.27. The number of hydrogen-bond donors (Lipinski definition) is 1. The van der Waals surface area contributed by atoms with Crippen LogP contribution >= 0.6 is 0 Å².